The summed E-state index contributed by atoms with van der Waals surface area (Å²) >= 11 is 0. The van der Waals surface area contributed by atoms with Crippen LogP contribution in [0.25, 0.3) is 0 Å². The summed E-state index contributed by atoms with van der Waals surface area (Å²) in [6, 6.07) is 7.92. The Balaban J connectivity index is 1.88. The van der Waals surface area contributed by atoms with Gasteiger partial charge in [-0.15, -0.1) is 0 Å². The van der Waals surface area contributed by atoms with Crippen LogP contribution >= 0.6 is 0 Å². The Morgan fingerprint density at radius 1 is 1.42 bits per heavy atom. The van der Waals surface area contributed by atoms with E-state index in [-0.39, 0.29) is 18.1 Å². The summed E-state index contributed by atoms with van der Waals surface area (Å²) in [6.45, 7) is 5.58. The Hall–Kier alpha value is -1.39. The molecule has 1 aliphatic heterocycles. The Kier molecular flexibility index (Phi) is 4.93. The number of ether oxygens (including phenoxy) is 2. The molecule has 2 atom stereocenters. The lowest BCUT2D eigenvalue weighted by Gasteiger charge is -2.25. The summed E-state index contributed by atoms with van der Waals surface area (Å²) in [5.41, 5.74) is 2.48. The zero-order chi connectivity index (χ0) is 13.7. The van der Waals surface area contributed by atoms with Crippen LogP contribution in [0.5, 0.6) is 0 Å². The molecular weight excluding hydrogens is 242 g/mol. The number of rotatable bonds is 5. The molecule has 2 rings (SSSR count). The minimum absolute atomic E-state index is 0.193. The first-order valence-electron chi connectivity index (χ1n) is 6.79. The van der Waals surface area contributed by atoms with Gasteiger partial charge in [-0.05, 0) is 31.4 Å². The van der Waals surface area contributed by atoms with Crippen LogP contribution in [-0.4, -0.2) is 31.3 Å². The summed E-state index contributed by atoms with van der Waals surface area (Å²) in [6.07, 6.45) is 0.488. The molecule has 1 aromatic carbocycles. The van der Waals surface area contributed by atoms with Crippen LogP contribution in [0.4, 0.5) is 0 Å². The quantitative estimate of drug-likeness (QED) is 0.821. The van der Waals surface area contributed by atoms with Gasteiger partial charge in [0.2, 0.25) is 0 Å². The van der Waals surface area contributed by atoms with E-state index < -0.39 is 0 Å². The molecule has 0 spiro atoms. The monoisotopic (exact) mass is 263 g/mol. The van der Waals surface area contributed by atoms with Crippen molar-refractivity contribution in [2.75, 3.05) is 13.2 Å². The molecule has 2 unspecified atom stereocenters. The number of nitrogens with one attached hydrogen (secondary N) is 1. The van der Waals surface area contributed by atoms with Gasteiger partial charge in [0.1, 0.15) is 12.1 Å². The standard InChI is InChI=1S/C15H21NO3/c1-3-18-10-11(2)19-15(17)14-8-12-6-4-5-7-13(12)9-16-14/h4-7,11,14,16H,3,8-10H2,1-2H3. The highest BCUT2D eigenvalue weighted by molar-refractivity contribution is 5.76. The summed E-state index contributed by atoms with van der Waals surface area (Å²) in [5, 5.41) is 3.22. The molecule has 0 aromatic heterocycles. The van der Waals surface area contributed by atoms with Gasteiger partial charge in [-0.3, -0.25) is 4.79 Å². The lowest BCUT2D eigenvalue weighted by Crippen LogP contribution is -2.44. The van der Waals surface area contributed by atoms with Crippen molar-refractivity contribution < 1.29 is 14.3 Å². The highest BCUT2D eigenvalue weighted by Crippen LogP contribution is 2.17. The van der Waals surface area contributed by atoms with Gasteiger partial charge in [0, 0.05) is 13.2 Å². The number of carbonyl (C=O) groups is 1. The summed E-state index contributed by atoms with van der Waals surface area (Å²) in [4.78, 5) is 12.0. The molecule has 0 saturated carbocycles. The van der Waals surface area contributed by atoms with E-state index in [1.165, 1.54) is 11.1 Å². The highest BCUT2D eigenvalue weighted by atomic mass is 16.6. The van der Waals surface area contributed by atoms with E-state index in [9.17, 15) is 4.79 Å². The molecule has 1 aromatic rings. The predicted octanol–water partition coefficient (Wildman–Crippen LogP) is 1.67. The molecule has 1 N–H and O–H groups in total. The predicted molar refractivity (Wildman–Crippen MR) is 72.8 cm³/mol. The van der Waals surface area contributed by atoms with E-state index in [1.807, 2.05) is 26.0 Å². The van der Waals surface area contributed by atoms with E-state index in [2.05, 4.69) is 17.4 Å². The summed E-state index contributed by atoms with van der Waals surface area (Å²) in [7, 11) is 0. The van der Waals surface area contributed by atoms with Crippen LogP contribution in [0.3, 0.4) is 0 Å². The third-order valence-corrected chi connectivity index (χ3v) is 3.24. The van der Waals surface area contributed by atoms with Gasteiger partial charge < -0.3 is 14.8 Å². The van der Waals surface area contributed by atoms with Gasteiger partial charge >= 0.3 is 5.97 Å². The van der Waals surface area contributed by atoms with Crippen molar-refractivity contribution in [2.24, 2.45) is 0 Å². The molecule has 1 heterocycles. The fourth-order valence-electron chi connectivity index (χ4n) is 2.22. The fourth-order valence-corrected chi connectivity index (χ4v) is 2.22. The molecule has 0 radical (unpaired) electrons. The number of esters is 1. The third kappa shape index (κ3) is 3.78. The Morgan fingerprint density at radius 2 is 2.16 bits per heavy atom. The van der Waals surface area contributed by atoms with E-state index in [4.69, 9.17) is 9.47 Å². The van der Waals surface area contributed by atoms with Gasteiger partial charge in [-0.2, -0.15) is 0 Å². The van der Waals surface area contributed by atoms with Crippen LogP contribution in [-0.2, 0) is 27.2 Å². The largest absolute Gasteiger partial charge is 0.459 e. The molecular formula is C15H21NO3. The van der Waals surface area contributed by atoms with Gasteiger partial charge in [0.05, 0.1) is 6.61 Å². The lowest BCUT2D eigenvalue weighted by molar-refractivity contribution is -0.153. The van der Waals surface area contributed by atoms with Gasteiger partial charge in [0.25, 0.3) is 0 Å². The smallest absolute Gasteiger partial charge is 0.323 e. The minimum Gasteiger partial charge on any atom is -0.459 e. The van der Waals surface area contributed by atoms with Crippen molar-refractivity contribution in [2.45, 2.75) is 39.0 Å². The lowest BCUT2D eigenvalue weighted by atomic mass is 9.96. The van der Waals surface area contributed by atoms with Crippen LogP contribution in [0.15, 0.2) is 24.3 Å². The van der Waals surface area contributed by atoms with Crippen molar-refractivity contribution >= 4 is 5.97 Å². The number of hydrogen-bond acceptors (Lipinski definition) is 4. The second-order valence-electron chi connectivity index (χ2n) is 4.81. The van der Waals surface area contributed by atoms with Crippen molar-refractivity contribution in [1.82, 2.24) is 5.32 Å². The van der Waals surface area contributed by atoms with Crippen molar-refractivity contribution in [3.63, 3.8) is 0 Å². The second-order valence-corrected chi connectivity index (χ2v) is 4.81. The molecule has 0 amide bonds. The van der Waals surface area contributed by atoms with Gasteiger partial charge in [-0.25, -0.2) is 0 Å². The Bertz CT molecular complexity index is 433. The zero-order valence-electron chi connectivity index (χ0n) is 11.5. The van der Waals surface area contributed by atoms with Crippen LogP contribution in [0, 0.1) is 0 Å². The second kappa shape index (κ2) is 6.68. The first-order valence-corrected chi connectivity index (χ1v) is 6.79. The topological polar surface area (TPSA) is 47.6 Å². The van der Waals surface area contributed by atoms with E-state index in [0.29, 0.717) is 19.6 Å². The van der Waals surface area contributed by atoms with Gasteiger partial charge in [0.15, 0.2) is 0 Å². The average molecular weight is 263 g/mol. The molecule has 0 aliphatic carbocycles. The Labute approximate surface area is 114 Å². The highest BCUT2D eigenvalue weighted by Gasteiger charge is 2.26. The van der Waals surface area contributed by atoms with Gasteiger partial charge in [-0.1, -0.05) is 24.3 Å². The SMILES string of the molecule is CCOCC(C)OC(=O)C1Cc2ccccc2CN1. The average Bonchev–Trinajstić information content (AvgIpc) is 2.44. The maximum Gasteiger partial charge on any atom is 0.323 e. The molecule has 0 fully saturated rings. The number of carbonyl (C=O) groups excluding carboxylic acids is 1. The fraction of sp³-hybridized carbons (Fsp3) is 0.533. The normalized spacial score (nSPS) is 19.6. The molecule has 1 aliphatic rings. The molecule has 4 nitrogen and oxygen atoms in total. The molecule has 4 heteroatoms. The summed E-state index contributed by atoms with van der Waals surface area (Å²) < 4.78 is 10.6. The number of hydrogen-bond donors (Lipinski definition) is 1. The van der Waals surface area contributed by atoms with E-state index >= 15 is 0 Å². The van der Waals surface area contributed by atoms with E-state index in [1.54, 1.807) is 0 Å². The number of benzene rings is 1. The molecule has 0 saturated heterocycles. The molecule has 104 valence electrons. The molecule has 19 heavy (non-hydrogen) atoms. The van der Waals surface area contributed by atoms with E-state index in [0.717, 1.165) is 6.54 Å². The van der Waals surface area contributed by atoms with Crippen LogP contribution in [0.2, 0.25) is 0 Å². The van der Waals surface area contributed by atoms with Crippen molar-refractivity contribution in [1.29, 1.82) is 0 Å². The maximum atomic E-state index is 12.0. The zero-order valence-corrected chi connectivity index (χ0v) is 11.5. The van der Waals surface area contributed by atoms with Crippen LogP contribution < -0.4 is 5.32 Å². The third-order valence-electron chi connectivity index (χ3n) is 3.24. The maximum absolute atomic E-state index is 12.0. The first kappa shape index (κ1) is 14.0. The van der Waals surface area contributed by atoms with Crippen LogP contribution in [0.1, 0.15) is 25.0 Å². The van der Waals surface area contributed by atoms with Crippen molar-refractivity contribution in [3.8, 4) is 0 Å². The Morgan fingerprint density at radius 3 is 2.89 bits per heavy atom. The number of fused-ring (bicyclic) bond motifs is 1. The van der Waals surface area contributed by atoms with Crippen molar-refractivity contribution in [3.05, 3.63) is 35.4 Å². The minimum atomic E-state index is -0.251. The summed E-state index contributed by atoms with van der Waals surface area (Å²) in [5.74, 6) is -0.193. The molecule has 0 bridgehead atoms. The first-order chi connectivity index (χ1) is 9.20.